The number of aliphatic imine (C=N–C) groups is 4. The Balaban J connectivity index is 1.68. The molecule has 110 valence electrons. The van der Waals surface area contributed by atoms with Crippen molar-refractivity contribution in [3.05, 3.63) is 62.6 Å². The third-order valence-corrected chi connectivity index (χ3v) is 5.35. The molecule has 0 aromatic carbocycles. The van der Waals surface area contributed by atoms with Crippen LogP contribution in [0.5, 0.6) is 0 Å². The molecule has 0 spiro atoms. The summed E-state index contributed by atoms with van der Waals surface area (Å²) < 4.78 is 0. The minimum atomic E-state index is 0.612. The second-order valence-electron chi connectivity index (χ2n) is 4.97. The molecule has 0 atom stereocenters. The van der Waals surface area contributed by atoms with Crippen molar-refractivity contribution in [1.82, 2.24) is 4.90 Å². The van der Waals surface area contributed by atoms with Crippen molar-refractivity contribution in [2.24, 2.45) is 20.0 Å². The normalized spacial score (nSPS) is 18.6. The fraction of sp³-hybridized carbons (Fsp3) is 0. The summed E-state index contributed by atoms with van der Waals surface area (Å²) in [7, 11) is 0. The molecule has 23 heavy (non-hydrogen) atoms. The standard InChI is InChI=1S/C16H9N5S2/c1-3-13(22-5-1)11-7-10-8-12(14-4-2-6-23-14)20-16-18-9-17-15(19-11)21(10)16/h1-9H. The minimum Gasteiger partial charge on any atom is -0.246 e. The fourth-order valence-electron chi connectivity index (χ4n) is 2.56. The van der Waals surface area contributed by atoms with Gasteiger partial charge in [-0.15, -0.1) is 22.7 Å². The van der Waals surface area contributed by atoms with Gasteiger partial charge in [0.25, 0.3) is 0 Å². The van der Waals surface area contributed by atoms with E-state index in [4.69, 9.17) is 0 Å². The van der Waals surface area contributed by atoms with Gasteiger partial charge in [0.2, 0.25) is 11.9 Å². The highest BCUT2D eigenvalue weighted by Crippen LogP contribution is 2.32. The van der Waals surface area contributed by atoms with E-state index in [1.807, 2.05) is 27.8 Å². The van der Waals surface area contributed by atoms with Crippen LogP contribution >= 0.6 is 22.7 Å². The molecule has 0 radical (unpaired) electrons. The molecule has 5 nitrogen and oxygen atoms in total. The first-order chi connectivity index (χ1) is 11.4. The molecular weight excluding hydrogens is 326 g/mol. The molecule has 2 aromatic heterocycles. The highest BCUT2D eigenvalue weighted by Gasteiger charge is 2.30. The molecule has 5 rings (SSSR count). The number of hydrogen-bond donors (Lipinski definition) is 0. The SMILES string of the molecule is C1=NC2=NC(c3cccs3)=CC3=CC(c4cccs4)=NC(=N1)N32. The molecule has 0 N–H and O–H groups in total. The third-order valence-electron chi connectivity index (χ3n) is 3.56. The van der Waals surface area contributed by atoms with E-state index in [9.17, 15) is 0 Å². The van der Waals surface area contributed by atoms with Gasteiger partial charge >= 0.3 is 0 Å². The first-order valence-electron chi connectivity index (χ1n) is 6.97. The second kappa shape index (κ2) is 4.94. The van der Waals surface area contributed by atoms with Crippen LogP contribution in [0.4, 0.5) is 0 Å². The van der Waals surface area contributed by atoms with Gasteiger partial charge in [0.05, 0.1) is 26.9 Å². The van der Waals surface area contributed by atoms with Crippen LogP contribution in [0.2, 0.25) is 0 Å². The van der Waals surface area contributed by atoms with Crippen molar-refractivity contribution in [3.63, 3.8) is 0 Å². The van der Waals surface area contributed by atoms with Gasteiger partial charge in [-0.05, 0) is 35.0 Å². The Labute approximate surface area is 140 Å². The lowest BCUT2D eigenvalue weighted by atomic mass is 10.1. The van der Waals surface area contributed by atoms with Crippen molar-refractivity contribution < 1.29 is 0 Å². The number of hydrogen-bond acceptors (Lipinski definition) is 7. The number of nitrogens with zero attached hydrogens (tertiary/aromatic N) is 5. The van der Waals surface area contributed by atoms with E-state index < -0.39 is 0 Å². The van der Waals surface area contributed by atoms with E-state index in [0.29, 0.717) is 11.9 Å². The summed E-state index contributed by atoms with van der Waals surface area (Å²) in [4.78, 5) is 22.0. The molecule has 7 heteroatoms. The van der Waals surface area contributed by atoms with Crippen LogP contribution in [0.15, 0.2) is 72.8 Å². The van der Waals surface area contributed by atoms with Crippen molar-refractivity contribution in [3.8, 4) is 0 Å². The molecule has 0 aliphatic carbocycles. The first kappa shape index (κ1) is 12.9. The summed E-state index contributed by atoms with van der Waals surface area (Å²) in [5.41, 5.74) is 2.83. The van der Waals surface area contributed by atoms with Gasteiger partial charge in [0.1, 0.15) is 6.34 Å². The number of guanidine groups is 2. The van der Waals surface area contributed by atoms with Gasteiger partial charge in [0.15, 0.2) is 0 Å². The maximum absolute atomic E-state index is 4.64. The van der Waals surface area contributed by atoms with Crippen molar-refractivity contribution in [1.29, 1.82) is 0 Å². The van der Waals surface area contributed by atoms with Gasteiger partial charge in [-0.3, -0.25) is 0 Å². The number of thiophene rings is 2. The fourth-order valence-corrected chi connectivity index (χ4v) is 3.93. The van der Waals surface area contributed by atoms with Crippen LogP contribution in [0, 0.1) is 0 Å². The largest absolute Gasteiger partial charge is 0.246 e. The summed E-state index contributed by atoms with van der Waals surface area (Å²) in [5, 5.41) is 4.10. The average molecular weight is 335 g/mol. The molecule has 0 unspecified atom stereocenters. The predicted molar refractivity (Wildman–Crippen MR) is 96.4 cm³/mol. The summed E-state index contributed by atoms with van der Waals surface area (Å²) in [6, 6.07) is 8.18. The van der Waals surface area contributed by atoms with Crippen LogP contribution in [0.25, 0.3) is 5.70 Å². The maximum atomic E-state index is 4.64. The van der Waals surface area contributed by atoms with E-state index >= 15 is 0 Å². The highest BCUT2D eigenvalue weighted by molar-refractivity contribution is 7.12. The smallest absolute Gasteiger partial charge is 0.239 e. The van der Waals surface area contributed by atoms with Gasteiger partial charge < -0.3 is 0 Å². The van der Waals surface area contributed by atoms with Crippen molar-refractivity contribution >= 4 is 52.3 Å². The lowest BCUT2D eigenvalue weighted by Gasteiger charge is -2.31. The molecule has 0 amide bonds. The third kappa shape index (κ3) is 2.05. The zero-order valence-electron chi connectivity index (χ0n) is 11.7. The van der Waals surface area contributed by atoms with Crippen molar-refractivity contribution in [2.75, 3.05) is 0 Å². The molecule has 0 fully saturated rings. The second-order valence-corrected chi connectivity index (χ2v) is 6.87. The first-order valence-corrected chi connectivity index (χ1v) is 8.73. The Kier molecular flexibility index (Phi) is 2.76. The minimum absolute atomic E-state index is 0.612. The van der Waals surface area contributed by atoms with Crippen LogP contribution in [-0.4, -0.2) is 28.9 Å². The van der Waals surface area contributed by atoms with Crippen LogP contribution < -0.4 is 0 Å². The van der Waals surface area contributed by atoms with E-state index in [1.54, 1.807) is 22.7 Å². The van der Waals surface area contributed by atoms with Gasteiger partial charge in [0, 0.05) is 0 Å². The van der Waals surface area contributed by atoms with Gasteiger partial charge in [-0.2, -0.15) is 0 Å². The quantitative estimate of drug-likeness (QED) is 0.827. The molecular formula is C16H9N5S2. The van der Waals surface area contributed by atoms with E-state index in [0.717, 1.165) is 26.9 Å². The van der Waals surface area contributed by atoms with E-state index in [2.05, 4.69) is 44.3 Å². The van der Waals surface area contributed by atoms with Crippen molar-refractivity contribution in [2.45, 2.75) is 0 Å². The predicted octanol–water partition coefficient (Wildman–Crippen LogP) is 3.61. The Morgan fingerprint density at radius 2 is 1.70 bits per heavy atom. The number of rotatable bonds is 2. The summed E-state index contributed by atoms with van der Waals surface area (Å²) in [5.74, 6) is 1.22. The molecule has 0 saturated carbocycles. The zero-order valence-corrected chi connectivity index (χ0v) is 13.4. The lowest BCUT2D eigenvalue weighted by molar-refractivity contribution is 0.739. The Hall–Kier alpha value is -2.64. The average Bonchev–Trinajstić information content (AvgIpc) is 3.28. The van der Waals surface area contributed by atoms with Gasteiger partial charge in [-0.1, -0.05) is 12.1 Å². The monoisotopic (exact) mass is 335 g/mol. The van der Waals surface area contributed by atoms with Gasteiger partial charge in [-0.25, -0.2) is 24.9 Å². The highest BCUT2D eigenvalue weighted by atomic mass is 32.1. The van der Waals surface area contributed by atoms with Crippen LogP contribution in [0.1, 0.15) is 9.75 Å². The topological polar surface area (TPSA) is 52.7 Å². The molecule has 3 aliphatic heterocycles. The molecule has 0 saturated heterocycles. The maximum Gasteiger partial charge on any atom is 0.239 e. The summed E-state index contributed by atoms with van der Waals surface area (Å²) >= 11 is 3.33. The Bertz CT molecular complexity index is 922. The van der Waals surface area contributed by atoms with E-state index in [1.165, 1.54) is 6.34 Å². The lowest BCUT2D eigenvalue weighted by Crippen LogP contribution is -2.40. The van der Waals surface area contributed by atoms with E-state index in [-0.39, 0.29) is 0 Å². The molecule has 3 aliphatic rings. The Morgan fingerprint density at radius 3 is 2.48 bits per heavy atom. The Morgan fingerprint density at radius 1 is 0.870 bits per heavy atom. The summed E-state index contributed by atoms with van der Waals surface area (Å²) in [6.07, 6.45) is 5.64. The van der Waals surface area contributed by atoms with Crippen LogP contribution in [-0.2, 0) is 0 Å². The summed E-state index contributed by atoms with van der Waals surface area (Å²) in [6.45, 7) is 0. The zero-order chi connectivity index (χ0) is 15.2. The molecule has 0 bridgehead atoms. The molecule has 5 heterocycles. The molecule has 2 aromatic rings. The number of allylic oxidation sites excluding steroid dienone is 2. The van der Waals surface area contributed by atoms with Crippen LogP contribution in [0.3, 0.4) is 0 Å².